The van der Waals surface area contributed by atoms with Crippen LogP contribution in [0, 0.1) is 0 Å². The number of fused-ring (bicyclic) bond motifs is 38. The van der Waals surface area contributed by atoms with Gasteiger partial charge in [0.15, 0.2) is 0 Å². The molecule has 0 aliphatic heterocycles. The van der Waals surface area contributed by atoms with Gasteiger partial charge in [-0.15, -0.1) is 22.7 Å². The number of hydrogen-bond donors (Lipinski definition) is 0. The zero-order chi connectivity index (χ0) is 83.7. The van der Waals surface area contributed by atoms with Gasteiger partial charge in [0.1, 0.15) is 0 Å². The number of rotatable bonds is 5. The Hall–Kier alpha value is -16.6. The molecule has 12 heterocycles. The van der Waals surface area contributed by atoms with Gasteiger partial charge in [-0.1, -0.05) is 297 Å². The van der Waals surface area contributed by atoms with Crippen molar-refractivity contribution in [2.24, 2.45) is 0 Å². The molecule has 129 heavy (non-hydrogen) atoms. The van der Waals surface area contributed by atoms with Crippen molar-refractivity contribution >= 4 is 265 Å². The highest BCUT2D eigenvalue weighted by atomic mass is 32.1. The van der Waals surface area contributed by atoms with Crippen LogP contribution in [0.3, 0.4) is 0 Å². The molecule has 596 valence electrons. The smallest absolute Gasteiger partial charge is 0.0719 e. The lowest BCUT2D eigenvalue weighted by molar-refractivity contribution is 1.18. The molecular weight excluding hydrogens is 1600 g/mol. The Morgan fingerprint density at radius 1 is 0.140 bits per heavy atom. The topological polar surface area (TPSA) is 33.0 Å². The highest BCUT2D eigenvalue weighted by molar-refractivity contribution is 7.27. The predicted molar refractivity (Wildman–Crippen MR) is 552 cm³/mol. The highest BCUT2D eigenvalue weighted by Crippen LogP contribution is 2.51. The molecule has 0 saturated heterocycles. The highest BCUT2D eigenvalue weighted by Gasteiger charge is 2.27. The van der Waals surface area contributed by atoms with Gasteiger partial charge in [-0.05, 0) is 132 Å². The minimum atomic E-state index is 1.16. The maximum Gasteiger partial charge on any atom is 0.0719 e. The van der Waals surface area contributed by atoms with Gasteiger partial charge in [-0.3, -0.25) is 0 Å². The molecule has 12 aromatic heterocycles. The van der Waals surface area contributed by atoms with Crippen molar-refractivity contribution in [1.29, 1.82) is 0 Å². The normalized spacial score (nSPS) is 12.5. The molecule has 32 rings (SSSR count). The van der Waals surface area contributed by atoms with Gasteiger partial charge in [0.25, 0.3) is 0 Å². The third-order valence-corrected chi connectivity index (χ3v) is 30.8. The summed E-state index contributed by atoms with van der Waals surface area (Å²) in [4.78, 5) is 0. The average Bonchev–Trinajstić information content (AvgIpc) is 1.53. The van der Waals surface area contributed by atoms with Crippen molar-refractivity contribution in [3.63, 3.8) is 0 Å². The van der Waals surface area contributed by atoms with E-state index in [4.69, 9.17) is 0 Å². The number of aromatic nitrogens is 7. The van der Waals surface area contributed by atoms with E-state index in [9.17, 15) is 0 Å². The van der Waals surface area contributed by atoms with E-state index in [1.807, 2.05) is 22.7 Å². The Labute approximate surface area is 742 Å². The maximum atomic E-state index is 2.50. The summed E-state index contributed by atoms with van der Waals surface area (Å²) >= 11 is 3.79. The van der Waals surface area contributed by atoms with Crippen LogP contribution < -0.4 is 0 Å². The van der Waals surface area contributed by atoms with E-state index in [-0.39, 0.29) is 0 Å². The molecule has 0 radical (unpaired) electrons. The second kappa shape index (κ2) is 26.0. The third-order valence-electron chi connectivity index (χ3n) is 28.4. The van der Waals surface area contributed by atoms with Crippen LogP contribution in [0.15, 0.2) is 419 Å². The summed E-state index contributed by atoms with van der Waals surface area (Å²) in [7, 11) is 0. The largest absolute Gasteiger partial charge is 0.309 e. The lowest BCUT2D eigenvalue weighted by Crippen LogP contribution is -1.95. The first-order valence-electron chi connectivity index (χ1n) is 44.4. The summed E-state index contributed by atoms with van der Waals surface area (Å²) in [6, 6.07) is 154. The van der Waals surface area contributed by atoms with Gasteiger partial charge < -0.3 is 31.5 Å². The minimum Gasteiger partial charge on any atom is -0.309 e. The molecule has 0 atom stereocenters. The molecule has 0 amide bonds. The van der Waals surface area contributed by atoms with Gasteiger partial charge in [0, 0.05) is 166 Å². The van der Waals surface area contributed by atoms with Crippen molar-refractivity contribution < 1.29 is 0 Å². The molecule has 32 aromatic rings. The molecule has 20 aromatic carbocycles. The van der Waals surface area contributed by atoms with Crippen LogP contribution >= 0.6 is 22.7 Å². The quantitative estimate of drug-likeness (QED) is 0.165. The lowest BCUT2D eigenvalue weighted by Gasteiger charge is -2.10. The summed E-state index contributed by atoms with van der Waals surface area (Å²) in [6.45, 7) is 0. The van der Waals surface area contributed by atoms with Crippen molar-refractivity contribution in [2.45, 2.75) is 0 Å². The monoisotopic (exact) mass is 1670 g/mol. The first-order valence-corrected chi connectivity index (χ1v) is 46.0. The van der Waals surface area contributed by atoms with E-state index >= 15 is 0 Å². The summed E-state index contributed by atoms with van der Waals surface area (Å²) in [5, 5.41) is 31.3. The van der Waals surface area contributed by atoms with Crippen molar-refractivity contribution in [2.75, 3.05) is 0 Å². The molecule has 9 heteroatoms. The summed E-state index contributed by atoms with van der Waals surface area (Å²) in [5.74, 6) is 0. The molecule has 7 nitrogen and oxygen atoms in total. The molecule has 0 N–H and O–H groups in total. The fourth-order valence-electron chi connectivity index (χ4n) is 23.1. The summed E-state index contributed by atoms with van der Waals surface area (Å²) in [5.41, 5.74) is 28.6. The molecule has 0 aliphatic rings. The molecule has 0 saturated carbocycles. The number of para-hydroxylation sites is 10. The van der Waals surface area contributed by atoms with Crippen LogP contribution in [0.5, 0.6) is 0 Å². The number of nitrogens with zero attached hydrogens (tertiary/aromatic N) is 7. The van der Waals surface area contributed by atoms with Crippen LogP contribution in [-0.4, -0.2) is 31.5 Å². The van der Waals surface area contributed by atoms with E-state index in [0.29, 0.717) is 0 Å². The number of thiophene rings is 2. The van der Waals surface area contributed by atoms with Crippen molar-refractivity contribution in [3.05, 3.63) is 419 Å². The molecule has 0 bridgehead atoms. The third kappa shape index (κ3) is 9.47. The maximum absolute atomic E-state index is 2.50. The zero-order valence-electron chi connectivity index (χ0n) is 69.3. The summed E-state index contributed by atoms with van der Waals surface area (Å²) in [6.07, 6.45) is 0. The first kappa shape index (κ1) is 69.8. The Morgan fingerprint density at radius 2 is 0.434 bits per heavy atom. The minimum absolute atomic E-state index is 1.16. The van der Waals surface area contributed by atoms with Crippen LogP contribution in [0.25, 0.3) is 276 Å². The second-order valence-corrected chi connectivity index (χ2v) is 37.0. The van der Waals surface area contributed by atoms with E-state index in [1.165, 1.54) is 270 Å². The number of benzene rings is 20. The van der Waals surface area contributed by atoms with Crippen LogP contribution in [-0.2, 0) is 0 Å². The SMILES string of the molecule is c1ccc(-c2ccc(-n3c4ccccc4c4cc5c(cc43)c3ccccc3n5-c3ccc4c5cccc6c7ccccc7n(c4c3)c65)cc2)cc1.c1ccc2c(c1)sc1c2ccc2c3ccccc3n(-c3ccc4c5cccc6c7ccccc7n(c4c3)c65)c21.c1ccc2c(c1)sc1ccc3c4ccccc4n(-c4ccc5c6cccc7c8ccccc8n(c5c4)c76)c3c12. The van der Waals surface area contributed by atoms with Gasteiger partial charge in [-0.25, -0.2) is 0 Å². The molecule has 0 fully saturated rings. The fraction of sp³-hybridized carbons (Fsp3) is 0. The molecule has 0 unspecified atom stereocenters. The lowest BCUT2D eigenvalue weighted by atomic mass is 10.1. The molecule has 0 aliphatic carbocycles. The number of hydrogen-bond acceptors (Lipinski definition) is 2. The van der Waals surface area contributed by atoms with Gasteiger partial charge in [-0.2, -0.15) is 0 Å². The van der Waals surface area contributed by atoms with Gasteiger partial charge >= 0.3 is 0 Å². The van der Waals surface area contributed by atoms with E-state index in [0.717, 1.165) is 5.69 Å². The van der Waals surface area contributed by atoms with E-state index in [1.54, 1.807) is 0 Å². The van der Waals surface area contributed by atoms with E-state index < -0.39 is 0 Å². The van der Waals surface area contributed by atoms with Gasteiger partial charge in [0.05, 0.1) is 98.5 Å². The second-order valence-electron chi connectivity index (χ2n) is 34.8. The predicted octanol–water partition coefficient (Wildman–Crippen LogP) is 33.3. The van der Waals surface area contributed by atoms with E-state index in [2.05, 4.69) is 450 Å². The van der Waals surface area contributed by atoms with Crippen molar-refractivity contribution in [1.82, 2.24) is 31.5 Å². The molecule has 0 spiro atoms. The Morgan fingerprint density at radius 3 is 0.899 bits per heavy atom. The summed E-state index contributed by atoms with van der Waals surface area (Å²) < 4.78 is 22.7. The first-order chi connectivity index (χ1) is 64.0. The van der Waals surface area contributed by atoms with Crippen molar-refractivity contribution in [3.8, 4) is 33.9 Å². The van der Waals surface area contributed by atoms with Crippen LogP contribution in [0.1, 0.15) is 0 Å². The Bertz CT molecular complexity index is 10400. The van der Waals surface area contributed by atoms with Gasteiger partial charge in [0.2, 0.25) is 0 Å². The standard InChI is InChI=1S/C48H29N3.2C36H20N2S/c1-2-11-30(12-3-1)31-21-23-32(24-22-31)49-42-18-7-5-14-35(42)40-29-47-41(28-46(40)49)36-15-6-8-19-43(36)50(47)33-25-26-37-39-17-10-16-38-34-13-4-9-20-44(34)51(48(38)39)45(37)27-33;1-4-13-29-23(9-1)27-18-19-33-34(28-10-3-6-15-32(28)39-33)36(27)37(29)21-16-17-24-26-12-7-11-25-22-8-2-5-14-30(22)38(35(25)26)31(24)20-21;1-4-13-30-23(9-1)28-18-19-29-25-10-3-6-15-33(25)39-36(29)35(28)37(30)21-16-17-24-27-12-7-11-26-22-8-2-5-14-31(22)38(34(26)27)32(24)20-21/h1-29H;2*1-20H. The fourth-order valence-corrected chi connectivity index (χ4v) is 25.5. The Kier molecular flexibility index (Phi) is 14.1. The van der Waals surface area contributed by atoms with Crippen LogP contribution in [0.4, 0.5) is 0 Å². The Balaban J connectivity index is 0.0000000949. The zero-order valence-corrected chi connectivity index (χ0v) is 70.9. The molecular formula is C120H69N7S2. The van der Waals surface area contributed by atoms with Crippen LogP contribution in [0.2, 0.25) is 0 Å². The average molecular weight is 1670 g/mol.